The molecule has 0 fully saturated rings. The molecule has 0 atom stereocenters. The number of aromatic nitrogens is 1. The number of nitrogens with one attached hydrogen (secondary N) is 1. The lowest BCUT2D eigenvalue weighted by Crippen LogP contribution is -1.99. The highest BCUT2D eigenvalue weighted by Gasteiger charge is 2.15. The fourth-order valence-electron chi connectivity index (χ4n) is 2.81. The van der Waals surface area contributed by atoms with Gasteiger partial charge in [-0.3, -0.25) is 0 Å². The summed E-state index contributed by atoms with van der Waals surface area (Å²) in [5.41, 5.74) is 9.43. The van der Waals surface area contributed by atoms with Crippen LogP contribution < -0.4 is 5.73 Å². The number of fused-ring (bicyclic) bond motifs is 1. The highest BCUT2D eigenvalue weighted by molar-refractivity contribution is 9.10. The average molecular weight is 361 g/mol. The number of halogens is 2. The molecule has 0 bridgehead atoms. The van der Waals surface area contributed by atoms with Crippen molar-refractivity contribution in [1.82, 2.24) is 4.98 Å². The summed E-state index contributed by atoms with van der Waals surface area (Å²) in [6.45, 7) is 0.685. The summed E-state index contributed by atoms with van der Waals surface area (Å²) in [6, 6.07) is 13.3. The molecular formula is C18H18BrFN2. The van der Waals surface area contributed by atoms with Gasteiger partial charge in [0.2, 0.25) is 0 Å². The Morgan fingerprint density at radius 2 is 1.82 bits per heavy atom. The molecule has 1 aromatic heterocycles. The van der Waals surface area contributed by atoms with Crippen LogP contribution in [-0.2, 0) is 6.42 Å². The highest BCUT2D eigenvalue weighted by Crippen LogP contribution is 2.33. The fourth-order valence-corrected chi connectivity index (χ4v) is 3.07. The van der Waals surface area contributed by atoms with E-state index in [9.17, 15) is 4.39 Å². The molecule has 3 N–H and O–H groups in total. The molecular weight excluding hydrogens is 343 g/mol. The van der Waals surface area contributed by atoms with Crippen LogP contribution in [0.15, 0.2) is 46.9 Å². The van der Waals surface area contributed by atoms with Crippen LogP contribution >= 0.6 is 15.9 Å². The number of para-hydroxylation sites is 1. The van der Waals surface area contributed by atoms with E-state index in [2.05, 4.69) is 20.9 Å². The SMILES string of the molecule is NCCCCc1c(-c2ccc(Br)cc2)[nH]c2c(F)cccc12. The molecule has 3 rings (SSSR count). The predicted molar refractivity (Wildman–Crippen MR) is 93.4 cm³/mol. The lowest BCUT2D eigenvalue weighted by atomic mass is 10.0. The molecule has 2 aromatic carbocycles. The normalized spacial score (nSPS) is 11.2. The van der Waals surface area contributed by atoms with Gasteiger partial charge in [0, 0.05) is 15.6 Å². The standard InChI is InChI=1S/C18H18BrFN2/c19-13-9-7-12(8-10-13)17-14(4-1-2-11-21)15-5-3-6-16(20)18(15)22-17/h3,5-10,22H,1-2,4,11,21H2. The first kappa shape index (κ1) is 15.3. The Bertz CT molecular complexity index is 778. The Kier molecular flexibility index (Phi) is 4.60. The van der Waals surface area contributed by atoms with Gasteiger partial charge in [-0.2, -0.15) is 0 Å². The first-order chi connectivity index (χ1) is 10.7. The smallest absolute Gasteiger partial charge is 0.147 e. The summed E-state index contributed by atoms with van der Waals surface area (Å²) >= 11 is 3.45. The minimum absolute atomic E-state index is 0.207. The summed E-state index contributed by atoms with van der Waals surface area (Å²) in [6.07, 6.45) is 2.87. The molecule has 0 aliphatic carbocycles. The number of hydrogen-bond acceptors (Lipinski definition) is 1. The third-order valence-corrected chi connectivity index (χ3v) is 4.43. The first-order valence-corrected chi connectivity index (χ1v) is 8.25. The van der Waals surface area contributed by atoms with Crippen molar-refractivity contribution in [2.75, 3.05) is 6.54 Å². The second kappa shape index (κ2) is 6.63. The van der Waals surface area contributed by atoms with Crippen LogP contribution in [-0.4, -0.2) is 11.5 Å². The zero-order valence-corrected chi connectivity index (χ0v) is 13.8. The van der Waals surface area contributed by atoms with E-state index in [0.717, 1.165) is 40.4 Å². The Balaban J connectivity index is 2.12. The van der Waals surface area contributed by atoms with Gasteiger partial charge >= 0.3 is 0 Å². The number of nitrogens with two attached hydrogens (primary N) is 1. The summed E-state index contributed by atoms with van der Waals surface area (Å²) in [5, 5.41) is 0.968. The van der Waals surface area contributed by atoms with Crippen LogP contribution in [0.4, 0.5) is 4.39 Å². The van der Waals surface area contributed by atoms with Gasteiger partial charge in [0.1, 0.15) is 5.82 Å². The van der Waals surface area contributed by atoms with E-state index in [1.807, 2.05) is 30.3 Å². The van der Waals surface area contributed by atoms with Gasteiger partial charge < -0.3 is 10.7 Å². The lowest BCUT2D eigenvalue weighted by molar-refractivity contribution is 0.637. The largest absolute Gasteiger partial charge is 0.352 e. The maximum absolute atomic E-state index is 14.1. The van der Waals surface area contributed by atoms with Crippen molar-refractivity contribution in [3.8, 4) is 11.3 Å². The van der Waals surface area contributed by atoms with E-state index in [0.29, 0.717) is 12.1 Å². The van der Waals surface area contributed by atoms with Crippen molar-refractivity contribution in [2.24, 2.45) is 5.73 Å². The highest BCUT2D eigenvalue weighted by atomic mass is 79.9. The van der Waals surface area contributed by atoms with Crippen molar-refractivity contribution in [3.05, 3.63) is 58.3 Å². The van der Waals surface area contributed by atoms with E-state index in [1.165, 1.54) is 11.6 Å². The van der Waals surface area contributed by atoms with Crippen LogP contribution in [0.1, 0.15) is 18.4 Å². The van der Waals surface area contributed by atoms with Gasteiger partial charge in [-0.15, -0.1) is 0 Å². The first-order valence-electron chi connectivity index (χ1n) is 7.46. The van der Waals surface area contributed by atoms with E-state index < -0.39 is 0 Å². The minimum atomic E-state index is -0.207. The molecule has 0 aliphatic heterocycles. The maximum Gasteiger partial charge on any atom is 0.147 e. The Labute approximate surface area is 137 Å². The monoisotopic (exact) mass is 360 g/mol. The van der Waals surface area contributed by atoms with Gasteiger partial charge in [-0.1, -0.05) is 40.2 Å². The number of unbranched alkanes of at least 4 members (excludes halogenated alkanes) is 1. The van der Waals surface area contributed by atoms with Crippen LogP contribution in [0, 0.1) is 5.82 Å². The van der Waals surface area contributed by atoms with Crippen molar-refractivity contribution in [2.45, 2.75) is 19.3 Å². The molecule has 0 radical (unpaired) electrons. The van der Waals surface area contributed by atoms with E-state index in [4.69, 9.17) is 5.73 Å². The number of hydrogen-bond donors (Lipinski definition) is 2. The lowest BCUT2D eigenvalue weighted by Gasteiger charge is -2.05. The number of rotatable bonds is 5. The Morgan fingerprint density at radius 3 is 2.55 bits per heavy atom. The molecule has 3 aromatic rings. The third-order valence-electron chi connectivity index (χ3n) is 3.90. The molecule has 0 spiro atoms. The fraction of sp³-hybridized carbons (Fsp3) is 0.222. The quantitative estimate of drug-likeness (QED) is 0.616. The average Bonchev–Trinajstić information content (AvgIpc) is 2.89. The molecule has 2 nitrogen and oxygen atoms in total. The van der Waals surface area contributed by atoms with Crippen molar-refractivity contribution < 1.29 is 4.39 Å². The summed E-state index contributed by atoms with van der Waals surface area (Å²) in [5.74, 6) is -0.207. The van der Waals surface area contributed by atoms with Crippen molar-refractivity contribution in [3.63, 3.8) is 0 Å². The van der Waals surface area contributed by atoms with E-state index >= 15 is 0 Å². The number of aromatic amines is 1. The maximum atomic E-state index is 14.1. The molecule has 1 heterocycles. The molecule has 0 aliphatic rings. The van der Waals surface area contributed by atoms with Crippen LogP contribution in [0.25, 0.3) is 22.2 Å². The molecule has 0 amide bonds. The second-order valence-electron chi connectivity index (χ2n) is 5.39. The summed E-state index contributed by atoms with van der Waals surface area (Å²) in [4.78, 5) is 3.27. The van der Waals surface area contributed by atoms with Crippen molar-refractivity contribution >= 4 is 26.8 Å². The number of H-pyrrole nitrogens is 1. The molecule has 4 heteroatoms. The topological polar surface area (TPSA) is 41.8 Å². The zero-order valence-electron chi connectivity index (χ0n) is 12.2. The minimum Gasteiger partial charge on any atom is -0.352 e. The summed E-state index contributed by atoms with van der Waals surface area (Å²) in [7, 11) is 0. The van der Waals surface area contributed by atoms with E-state index in [-0.39, 0.29) is 5.82 Å². The Hall–Kier alpha value is -1.65. The second-order valence-corrected chi connectivity index (χ2v) is 6.31. The predicted octanol–water partition coefficient (Wildman–Crippen LogP) is 5.02. The van der Waals surface area contributed by atoms with Crippen molar-refractivity contribution in [1.29, 1.82) is 0 Å². The van der Waals surface area contributed by atoms with Gasteiger partial charge in [-0.25, -0.2) is 4.39 Å². The van der Waals surface area contributed by atoms with Crippen LogP contribution in [0.5, 0.6) is 0 Å². The molecule has 114 valence electrons. The molecule has 0 saturated heterocycles. The van der Waals surface area contributed by atoms with Gasteiger partial charge in [0.05, 0.1) is 5.52 Å². The third kappa shape index (κ3) is 2.94. The molecule has 0 saturated carbocycles. The molecule has 0 unspecified atom stereocenters. The number of aryl methyl sites for hydroxylation is 1. The Morgan fingerprint density at radius 1 is 1.05 bits per heavy atom. The van der Waals surface area contributed by atoms with Gasteiger partial charge in [0.15, 0.2) is 0 Å². The summed E-state index contributed by atoms with van der Waals surface area (Å²) < 4.78 is 15.1. The van der Waals surface area contributed by atoms with Gasteiger partial charge in [0.25, 0.3) is 0 Å². The van der Waals surface area contributed by atoms with Crippen LogP contribution in [0.2, 0.25) is 0 Å². The van der Waals surface area contributed by atoms with Crippen LogP contribution in [0.3, 0.4) is 0 Å². The zero-order chi connectivity index (χ0) is 15.5. The van der Waals surface area contributed by atoms with E-state index in [1.54, 1.807) is 6.07 Å². The molecule has 22 heavy (non-hydrogen) atoms. The van der Waals surface area contributed by atoms with Gasteiger partial charge in [-0.05, 0) is 55.1 Å². The number of benzene rings is 2.